The SMILES string of the molecule is CC(=O)Nc1cc(-c2[nH]c3c(c2Cc2ccccc2)C(=O)CC(CSc2ccc(Cl)cc2)C3)ccn1. The number of pyridine rings is 1. The van der Waals surface area contributed by atoms with Gasteiger partial charge in [-0.3, -0.25) is 9.59 Å². The Balaban J connectivity index is 1.47. The van der Waals surface area contributed by atoms with Crippen molar-refractivity contribution in [2.75, 3.05) is 11.1 Å². The summed E-state index contributed by atoms with van der Waals surface area (Å²) in [5.74, 6) is 1.60. The van der Waals surface area contributed by atoms with Crippen LogP contribution in [0.15, 0.2) is 77.8 Å². The fourth-order valence-electron chi connectivity index (χ4n) is 4.73. The maximum absolute atomic E-state index is 13.5. The fraction of sp³-hybridized carbons (Fsp3) is 0.207. The van der Waals surface area contributed by atoms with Gasteiger partial charge in [0.2, 0.25) is 5.91 Å². The van der Waals surface area contributed by atoms with E-state index in [9.17, 15) is 9.59 Å². The van der Waals surface area contributed by atoms with Crippen molar-refractivity contribution in [1.82, 2.24) is 9.97 Å². The summed E-state index contributed by atoms with van der Waals surface area (Å²) in [4.78, 5) is 34.1. The lowest BCUT2D eigenvalue weighted by atomic mass is 9.84. The first kappa shape index (κ1) is 24.3. The van der Waals surface area contributed by atoms with Crippen molar-refractivity contribution in [1.29, 1.82) is 0 Å². The molecule has 0 spiro atoms. The molecule has 0 fully saturated rings. The Morgan fingerprint density at radius 1 is 1.11 bits per heavy atom. The highest BCUT2D eigenvalue weighted by Crippen LogP contribution is 2.38. The summed E-state index contributed by atoms with van der Waals surface area (Å²) in [5, 5.41) is 3.48. The number of nitrogens with one attached hydrogen (secondary N) is 2. The van der Waals surface area contributed by atoms with Crippen molar-refractivity contribution < 1.29 is 9.59 Å². The molecule has 1 aliphatic rings. The van der Waals surface area contributed by atoms with E-state index in [4.69, 9.17) is 11.6 Å². The van der Waals surface area contributed by atoms with Gasteiger partial charge in [-0.2, -0.15) is 0 Å². The number of hydrogen-bond donors (Lipinski definition) is 2. The lowest BCUT2D eigenvalue weighted by molar-refractivity contribution is -0.114. The Bertz CT molecular complexity index is 1400. The highest BCUT2D eigenvalue weighted by molar-refractivity contribution is 7.99. The molecule has 1 amide bonds. The molecule has 2 aromatic carbocycles. The average Bonchev–Trinajstić information content (AvgIpc) is 3.23. The van der Waals surface area contributed by atoms with Crippen molar-refractivity contribution in [3.8, 4) is 11.3 Å². The van der Waals surface area contributed by atoms with Crippen LogP contribution < -0.4 is 5.32 Å². The molecule has 2 N–H and O–H groups in total. The van der Waals surface area contributed by atoms with Crippen LogP contribution in [0, 0.1) is 5.92 Å². The second-order valence-corrected chi connectivity index (χ2v) is 10.6. The number of carbonyl (C=O) groups excluding carboxylic acids is 2. The van der Waals surface area contributed by atoms with Gasteiger partial charge in [-0.25, -0.2) is 4.98 Å². The fourth-order valence-corrected chi connectivity index (χ4v) is 5.85. The van der Waals surface area contributed by atoms with Crippen LogP contribution >= 0.6 is 23.4 Å². The van der Waals surface area contributed by atoms with Crippen LogP contribution in [0.5, 0.6) is 0 Å². The van der Waals surface area contributed by atoms with Crippen molar-refractivity contribution in [2.45, 2.75) is 31.1 Å². The van der Waals surface area contributed by atoms with E-state index in [2.05, 4.69) is 27.4 Å². The van der Waals surface area contributed by atoms with Crippen LogP contribution in [0.25, 0.3) is 11.3 Å². The Morgan fingerprint density at radius 3 is 2.64 bits per heavy atom. The second kappa shape index (κ2) is 10.7. The lowest BCUT2D eigenvalue weighted by Crippen LogP contribution is -2.22. The minimum atomic E-state index is -0.175. The van der Waals surface area contributed by atoms with E-state index < -0.39 is 0 Å². The number of amides is 1. The lowest BCUT2D eigenvalue weighted by Gasteiger charge is -2.21. The number of halogens is 1. The van der Waals surface area contributed by atoms with E-state index in [-0.39, 0.29) is 17.6 Å². The zero-order valence-corrected chi connectivity index (χ0v) is 21.5. The topological polar surface area (TPSA) is 74.8 Å². The normalized spacial score (nSPS) is 14.9. The van der Waals surface area contributed by atoms with Gasteiger partial charge < -0.3 is 10.3 Å². The molecule has 1 atom stereocenters. The molecule has 1 aliphatic carbocycles. The third-order valence-electron chi connectivity index (χ3n) is 6.30. The Kier molecular flexibility index (Phi) is 7.25. The first-order chi connectivity index (χ1) is 17.5. The van der Waals surface area contributed by atoms with E-state index in [1.54, 1.807) is 18.0 Å². The quantitative estimate of drug-likeness (QED) is 0.265. The molecule has 4 aromatic rings. The molecule has 36 heavy (non-hydrogen) atoms. The van der Waals surface area contributed by atoms with Gasteiger partial charge in [0.15, 0.2) is 5.78 Å². The van der Waals surface area contributed by atoms with E-state index in [0.29, 0.717) is 18.7 Å². The Hall–Kier alpha value is -3.35. The largest absolute Gasteiger partial charge is 0.358 e. The van der Waals surface area contributed by atoms with Gasteiger partial charge in [-0.05, 0) is 59.9 Å². The number of H-pyrrole nitrogens is 1. The van der Waals surface area contributed by atoms with Crippen LogP contribution in [-0.4, -0.2) is 27.4 Å². The molecule has 0 radical (unpaired) electrons. The molecule has 2 aromatic heterocycles. The van der Waals surface area contributed by atoms with Gasteiger partial charge in [0, 0.05) is 58.5 Å². The van der Waals surface area contributed by atoms with Crippen LogP contribution in [0.2, 0.25) is 5.02 Å². The number of aromatic amines is 1. The van der Waals surface area contributed by atoms with Crippen LogP contribution in [0.4, 0.5) is 5.82 Å². The van der Waals surface area contributed by atoms with E-state index in [1.807, 2.05) is 54.6 Å². The summed E-state index contributed by atoms with van der Waals surface area (Å²) in [7, 11) is 0. The number of ketones is 1. The molecule has 0 saturated carbocycles. The number of thioether (sulfide) groups is 1. The van der Waals surface area contributed by atoms with E-state index >= 15 is 0 Å². The highest BCUT2D eigenvalue weighted by atomic mass is 35.5. The van der Waals surface area contributed by atoms with Gasteiger partial charge in [-0.15, -0.1) is 11.8 Å². The molecular formula is C29H26ClN3O2S. The number of hydrogen-bond acceptors (Lipinski definition) is 4. The molecule has 5 nitrogen and oxygen atoms in total. The molecule has 2 heterocycles. The number of Topliss-reactive ketones (excluding diaryl/α,β-unsaturated/α-hetero) is 1. The summed E-state index contributed by atoms with van der Waals surface area (Å²) in [6.45, 7) is 1.46. The minimum Gasteiger partial charge on any atom is -0.358 e. The predicted molar refractivity (Wildman–Crippen MR) is 146 cm³/mol. The number of benzene rings is 2. The van der Waals surface area contributed by atoms with Crippen LogP contribution in [0.1, 0.15) is 40.5 Å². The van der Waals surface area contributed by atoms with Crippen molar-refractivity contribution >= 4 is 40.9 Å². The molecule has 0 aliphatic heterocycles. The summed E-state index contributed by atoms with van der Waals surface area (Å²) in [6, 6.07) is 21.8. The zero-order valence-electron chi connectivity index (χ0n) is 19.9. The number of aromatic nitrogens is 2. The summed E-state index contributed by atoms with van der Waals surface area (Å²) < 4.78 is 0. The summed E-state index contributed by atoms with van der Waals surface area (Å²) >= 11 is 7.77. The first-order valence-electron chi connectivity index (χ1n) is 11.9. The van der Waals surface area contributed by atoms with E-state index in [0.717, 1.165) is 55.7 Å². The molecule has 0 bridgehead atoms. The third kappa shape index (κ3) is 5.55. The van der Waals surface area contributed by atoms with Crippen molar-refractivity contribution in [2.24, 2.45) is 5.92 Å². The number of nitrogens with zero attached hydrogens (tertiary/aromatic N) is 1. The number of carbonyl (C=O) groups is 2. The Morgan fingerprint density at radius 2 is 1.89 bits per heavy atom. The highest BCUT2D eigenvalue weighted by Gasteiger charge is 2.31. The third-order valence-corrected chi connectivity index (χ3v) is 7.80. The standard InChI is InChI=1S/C29H26ClN3O2S/c1-18(34)32-27-16-21(11-12-31-27)29-24(13-19-5-3-2-4-6-19)28-25(33-29)14-20(15-26(28)35)17-36-23-9-7-22(30)8-10-23/h2-12,16,20,33H,13-15,17H2,1H3,(H,31,32,34). The summed E-state index contributed by atoms with van der Waals surface area (Å²) in [6.07, 6.45) is 3.67. The smallest absolute Gasteiger partial charge is 0.222 e. The van der Waals surface area contributed by atoms with Gasteiger partial charge >= 0.3 is 0 Å². The molecular weight excluding hydrogens is 490 g/mol. The molecule has 5 rings (SSSR count). The van der Waals surface area contributed by atoms with Crippen LogP contribution in [0.3, 0.4) is 0 Å². The van der Waals surface area contributed by atoms with Gasteiger partial charge in [0.1, 0.15) is 5.82 Å². The number of rotatable bonds is 7. The van der Waals surface area contributed by atoms with Crippen molar-refractivity contribution in [3.05, 3.63) is 100 Å². The maximum atomic E-state index is 13.5. The maximum Gasteiger partial charge on any atom is 0.222 e. The predicted octanol–water partition coefficient (Wildman–Crippen LogP) is 6.82. The second-order valence-electron chi connectivity index (χ2n) is 9.07. The van der Waals surface area contributed by atoms with Gasteiger partial charge in [-0.1, -0.05) is 41.9 Å². The van der Waals surface area contributed by atoms with Crippen LogP contribution in [-0.2, 0) is 17.6 Å². The molecule has 0 saturated heterocycles. The monoisotopic (exact) mass is 515 g/mol. The van der Waals surface area contributed by atoms with E-state index in [1.165, 1.54) is 6.92 Å². The van der Waals surface area contributed by atoms with Gasteiger partial charge in [0.05, 0.1) is 5.69 Å². The number of fused-ring (bicyclic) bond motifs is 1. The molecule has 1 unspecified atom stereocenters. The Labute approximate surface area is 219 Å². The average molecular weight is 516 g/mol. The number of anilines is 1. The summed E-state index contributed by atoms with van der Waals surface area (Å²) in [5.41, 5.74) is 5.77. The minimum absolute atomic E-state index is 0.175. The van der Waals surface area contributed by atoms with Gasteiger partial charge in [0.25, 0.3) is 0 Å². The van der Waals surface area contributed by atoms with Crippen molar-refractivity contribution in [3.63, 3.8) is 0 Å². The molecule has 182 valence electrons. The molecule has 7 heteroatoms. The first-order valence-corrected chi connectivity index (χ1v) is 13.3. The zero-order chi connectivity index (χ0) is 25.1.